The van der Waals surface area contributed by atoms with Crippen molar-refractivity contribution < 1.29 is 9.50 Å². The number of nitrogen functional groups attached to an aromatic ring is 1. The summed E-state index contributed by atoms with van der Waals surface area (Å²) in [6, 6.07) is 4.03. The zero-order valence-electron chi connectivity index (χ0n) is 10.7. The molecule has 0 unspecified atom stereocenters. The Bertz CT molecular complexity index is 591. The minimum absolute atomic E-state index is 0.370. The predicted octanol–water partition coefficient (Wildman–Crippen LogP) is 2.14. The van der Waals surface area contributed by atoms with Crippen LogP contribution in [0.3, 0.4) is 0 Å². The molecule has 100 valence electrons. The highest BCUT2D eigenvalue weighted by atomic mass is 19.1. The molecule has 1 heterocycles. The Morgan fingerprint density at radius 1 is 1.37 bits per heavy atom. The third-order valence-corrected chi connectivity index (χ3v) is 2.92. The first-order chi connectivity index (χ1) is 9.06. The van der Waals surface area contributed by atoms with Gasteiger partial charge in [0.05, 0.1) is 0 Å². The molecule has 0 spiro atoms. The van der Waals surface area contributed by atoms with E-state index in [2.05, 4.69) is 15.4 Å². The highest BCUT2D eigenvalue weighted by Gasteiger charge is 2.12. The number of hydrazine groups is 1. The van der Waals surface area contributed by atoms with E-state index in [-0.39, 0.29) is 0 Å². The first kappa shape index (κ1) is 13.2. The maximum Gasteiger partial charge on any atom is 0.165 e. The van der Waals surface area contributed by atoms with Crippen molar-refractivity contribution in [2.75, 3.05) is 5.43 Å². The lowest BCUT2D eigenvalue weighted by atomic mass is 10.1. The van der Waals surface area contributed by atoms with Gasteiger partial charge in [-0.1, -0.05) is 6.92 Å². The van der Waals surface area contributed by atoms with E-state index in [9.17, 15) is 9.50 Å². The van der Waals surface area contributed by atoms with Crippen LogP contribution >= 0.6 is 0 Å². The average molecular weight is 262 g/mol. The molecule has 0 bridgehead atoms. The summed E-state index contributed by atoms with van der Waals surface area (Å²) in [5.41, 5.74) is 4.71. The Balaban J connectivity index is 2.58. The number of nitrogens with zero attached hydrogens (tertiary/aromatic N) is 2. The van der Waals surface area contributed by atoms with Crippen molar-refractivity contribution in [2.45, 2.75) is 20.3 Å². The number of nitrogens with one attached hydrogen (secondary N) is 1. The quantitative estimate of drug-likeness (QED) is 0.583. The van der Waals surface area contributed by atoms with Gasteiger partial charge in [0.25, 0.3) is 0 Å². The number of anilines is 1. The SMILES string of the molecule is CCc1nc(-c2ccc(O)c(F)c2)nc(NN)c1C. The molecule has 0 aliphatic rings. The number of aryl methyl sites for hydroxylation is 1. The molecule has 0 radical (unpaired) electrons. The summed E-state index contributed by atoms with van der Waals surface area (Å²) in [6.45, 7) is 3.84. The molecule has 2 aromatic rings. The molecule has 0 atom stereocenters. The second-order valence-electron chi connectivity index (χ2n) is 4.13. The van der Waals surface area contributed by atoms with Gasteiger partial charge in [-0.05, 0) is 31.5 Å². The Kier molecular flexibility index (Phi) is 3.62. The van der Waals surface area contributed by atoms with Gasteiger partial charge < -0.3 is 10.5 Å². The molecule has 4 N–H and O–H groups in total. The van der Waals surface area contributed by atoms with Gasteiger partial charge in [0.15, 0.2) is 17.4 Å². The van der Waals surface area contributed by atoms with Crippen molar-refractivity contribution in [3.05, 3.63) is 35.3 Å². The lowest BCUT2D eigenvalue weighted by Crippen LogP contribution is -2.13. The fraction of sp³-hybridized carbons (Fsp3) is 0.231. The van der Waals surface area contributed by atoms with Gasteiger partial charge in [-0.2, -0.15) is 0 Å². The summed E-state index contributed by atoms with van der Waals surface area (Å²) in [6.07, 6.45) is 0.719. The third kappa shape index (κ3) is 2.48. The molecular formula is C13H15FN4O. The molecule has 19 heavy (non-hydrogen) atoms. The molecule has 2 rings (SSSR count). The fourth-order valence-corrected chi connectivity index (χ4v) is 1.82. The Labute approximate surface area is 110 Å². The van der Waals surface area contributed by atoms with Crippen LogP contribution in [0.2, 0.25) is 0 Å². The minimum atomic E-state index is -0.706. The van der Waals surface area contributed by atoms with Crippen LogP contribution in [0.4, 0.5) is 10.2 Å². The van der Waals surface area contributed by atoms with E-state index in [4.69, 9.17) is 5.84 Å². The lowest BCUT2D eigenvalue weighted by molar-refractivity contribution is 0.432. The molecule has 0 amide bonds. The molecule has 0 aliphatic heterocycles. The van der Waals surface area contributed by atoms with E-state index in [1.165, 1.54) is 12.1 Å². The fourth-order valence-electron chi connectivity index (χ4n) is 1.82. The Morgan fingerprint density at radius 2 is 2.11 bits per heavy atom. The van der Waals surface area contributed by atoms with E-state index >= 15 is 0 Å². The number of hydrogen-bond acceptors (Lipinski definition) is 5. The van der Waals surface area contributed by atoms with Crippen molar-refractivity contribution in [3.8, 4) is 17.1 Å². The summed E-state index contributed by atoms with van der Waals surface area (Å²) < 4.78 is 13.4. The molecule has 0 aliphatic carbocycles. The van der Waals surface area contributed by atoms with Gasteiger partial charge >= 0.3 is 0 Å². The second-order valence-corrected chi connectivity index (χ2v) is 4.13. The highest BCUT2D eigenvalue weighted by Crippen LogP contribution is 2.25. The topological polar surface area (TPSA) is 84.1 Å². The summed E-state index contributed by atoms with van der Waals surface area (Å²) >= 11 is 0. The first-order valence-corrected chi connectivity index (χ1v) is 5.89. The van der Waals surface area contributed by atoms with Crippen LogP contribution < -0.4 is 11.3 Å². The molecule has 6 heteroatoms. The van der Waals surface area contributed by atoms with Gasteiger partial charge in [0.2, 0.25) is 0 Å². The van der Waals surface area contributed by atoms with Gasteiger partial charge in [0.1, 0.15) is 5.82 Å². The van der Waals surface area contributed by atoms with Crippen LogP contribution in [0, 0.1) is 12.7 Å². The van der Waals surface area contributed by atoms with Crippen LogP contribution in [0.15, 0.2) is 18.2 Å². The van der Waals surface area contributed by atoms with E-state index in [1.807, 2.05) is 13.8 Å². The standard InChI is InChI=1S/C13H15FN4O/c1-3-10-7(2)12(18-15)17-13(16-10)8-4-5-11(19)9(14)6-8/h4-6,19H,3,15H2,1-2H3,(H,16,17,18). The maximum absolute atomic E-state index is 13.4. The number of benzene rings is 1. The monoisotopic (exact) mass is 262 g/mol. The molecule has 1 aromatic heterocycles. The molecule has 1 aromatic carbocycles. The summed E-state index contributed by atoms with van der Waals surface area (Å²) in [7, 11) is 0. The van der Waals surface area contributed by atoms with Crippen molar-refractivity contribution in [3.63, 3.8) is 0 Å². The molecule has 5 nitrogen and oxygen atoms in total. The number of phenols is 1. The third-order valence-electron chi connectivity index (χ3n) is 2.92. The minimum Gasteiger partial charge on any atom is -0.505 e. The number of halogens is 1. The number of aromatic nitrogens is 2. The second kappa shape index (κ2) is 5.19. The summed E-state index contributed by atoms with van der Waals surface area (Å²) in [5, 5.41) is 9.19. The van der Waals surface area contributed by atoms with Crippen molar-refractivity contribution >= 4 is 5.82 Å². The Hall–Kier alpha value is -2.21. The molecule has 0 saturated carbocycles. The normalized spacial score (nSPS) is 10.5. The van der Waals surface area contributed by atoms with Gasteiger partial charge in [-0.25, -0.2) is 20.2 Å². The average Bonchev–Trinajstić information content (AvgIpc) is 2.42. The van der Waals surface area contributed by atoms with Crippen molar-refractivity contribution in [1.82, 2.24) is 9.97 Å². The lowest BCUT2D eigenvalue weighted by Gasteiger charge is -2.11. The molecule has 0 fully saturated rings. The van der Waals surface area contributed by atoms with Crippen molar-refractivity contribution in [2.24, 2.45) is 5.84 Å². The highest BCUT2D eigenvalue weighted by molar-refractivity contribution is 5.60. The van der Waals surface area contributed by atoms with Crippen LogP contribution in [0.1, 0.15) is 18.2 Å². The maximum atomic E-state index is 13.4. The Morgan fingerprint density at radius 3 is 2.68 bits per heavy atom. The van der Waals surface area contributed by atoms with Gasteiger partial charge in [-0.3, -0.25) is 0 Å². The van der Waals surface area contributed by atoms with Crippen LogP contribution in [-0.2, 0) is 6.42 Å². The van der Waals surface area contributed by atoms with E-state index in [0.717, 1.165) is 17.7 Å². The number of phenolic OH excluding ortho intramolecular Hbond substituents is 1. The molecule has 0 saturated heterocycles. The number of hydrogen-bond donors (Lipinski definition) is 3. The molecular weight excluding hydrogens is 247 g/mol. The van der Waals surface area contributed by atoms with E-state index < -0.39 is 11.6 Å². The predicted molar refractivity (Wildman–Crippen MR) is 71.0 cm³/mol. The smallest absolute Gasteiger partial charge is 0.165 e. The van der Waals surface area contributed by atoms with E-state index in [0.29, 0.717) is 17.2 Å². The summed E-state index contributed by atoms with van der Waals surface area (Å²) in [4.78, 5) is 8.63. The van der Waals surface area contributed by atoms with E-state index in [1.54, 1.807) is 6.07 Å². The zero-order valence-corrected chi connectivity index (χ0v) is 10.7. The number of rotatable bonds is 3. The number of nitrogens with two attached hydrogens (primary N) is 1. The summed E-state index contributed by atoms with van der Waals surface area (Å²) in [5.74, 6) is 5.19. The largest absolute Gasteiger partial charge is 0.505 e. The van der Waals surface area contributed by atoms with Crippen LogP contribution in [-0.4, -0.2) is 15.1 Å². The first-order valence-electron chi connectivity index (χ1n) is 5.89. The van der Waals surface area contributed by atoms with Crippen LogP contribution in [0.5, 0.6) is 5.75 Å². The van der Waals surface area contributed by atoms with Gasteiger partial charge in [-0.15, -0.1) is 0 Å². The number of aromatic hydroxyl groups is 1. The van der Waals surface area contributed by atoms with Gasteiger partial charge in [0, 0.05) is 16.8 Å². The van der Waals surface area contributed by atoms with Crippen molar-refractivity contribution in [1.29, 1.82) is 0 Å². The van der Waals surface area contributed by atoms with Crippen LogP contribution in [0.25, 0.3) is 11.4 Å². The zero-order chi connectivity index (χ0) is 14.0.